The summed E-state index contributed by atoms with van der Waals surface area (Å²) in [5, 5.41) is 0.856. The number of rotatable bonds is 14. The van der Waals surface area contributed by atoms with Crippen molar-refractivity contribution >= 4 is 33.4 Å². The van der Waals surface area contributed by atoms with Crippen LogP contribution in [-0.2, 0) is 13.1 Å². The number of nitrogens with zero attached hydrogens (tertiary/aromatic N) is 2. The molecule has 0 saturated heterocycles. The third-order valence-electron chi connectivity index (χ3n) is 8.70. The fourth-order valence-electron chi connectivity index (χ4n) is 6.49. The van der Waals surface area contributed by atoms with Crippen molar-refractivity contribution in [1.29, 1.82) is 0 Å². The molecular weight excluding hydrogens is 524 g/mol. The summed E-state index contributed by atoms with van der Waals surface area (Å²) in [6, 6.07) is 14.4. The van der Waals surface area contributed by atoms with Crippen LogP contribution in [0.15, 0.2) is 58.1 Å². The molecule has 0 saturated carbocycles. The van der Waals surface area contributed by atoms with Crippen LogP contribution >= 0.6 is 0 Å². The average molecular weight is 567 g/mol. The van der Waals surface area contributed by atoms with Crippen LogP contribution < -0.4 is 10.9 Å². The molecule has 2 aromatic heterocycles. The van der Waals surface area contributed by atoms with Crippen molar-refractivity contribution in [2.45, 2.75) is 104 Å². The van der Waals surface area contributed by atoms with Crippen molar-refractivity contribution in [2.24, 2.45) is 0 Å². The molecule has 0 amide bonds. The van der Waals surface area contributed by atoms with Crippen LogP contribution in [0.2, 0.25) is 0 Å². The van der Waals surface area contributed by atoms with Crippen LogP contribution in [0.25, 0.3) is 21.8 Å². The standard InChI is InChI=1S/C36H42N2O4/c1-3-5-7-9-11-17-23-37-27-21-15-13-19-25(27)33(39)29-31(37)35(41)30-32(36(29)42)38(24-18-12-10-8-6-4-2)28-22-16-14-20-26(28)34(30)40/h13-16,19-22H,3-12,17-18,23-24H2,1-2H3. The highest BCUT2D eigenvalue weighted by Crippen LogP contribution is 2.30. The van der Waals surface area contributed by atoms with Crippen LogP contribution in [0.3, 0.4) is 0 Å². The average Bonchev–Trinajstić information content (AvgIpc) is 3.01. The molecular formula is C36H42N2O4. The van der Waals surface area contributed by atoms with E-state index >= 15 is 0 Å². The van der Waals surface area contributed by atoms with Gasteiger partial charge in [0.05, 0.1) is 22.2 Å². The first kappa shape index (κ1) is 29.7. The summed E-state index contributed by atoms with van der Waals surface area (Å²) in [7, 11) is 0. The van der Waals surface area contributed by atoms with E-state index < -0.39 is 22.4 Å². The van der Waals surface area contributed by atoms with Gasteiger partial charge in [0.25, 0.3) is 0 Å². The Labute approximate surface area is 247 Å². The topological polar surface area (TPSA) is 78.1 Å². The Balaban J connectivity index is 1.64. The predicted molar refractivity (Wildman–Crippen MR) is 170 cm³/mol. The van der Waals surface area contributed by atoms with E-state index in [0.717, 1.165) is 51.4 Å². The predicted octanol–water partition coefficient (Wildman–Crippen LogP) is 7.81. The maximum atomic E-state index is 14.4. The molecule has 5 rings (SSSR count). The number of hydrogen-bond acceptors (Lipinski definition) is 4. The maximum Gasteiger partial charge on any atom is 0.216 e. The van der Waals surface area contributed by atoms with Gasteiger partial charge in [-0.1, -0.05) is 102 Å². The molecule has 6 heteroatoms. The number of benzene rings is 2. The summed E-state index contributed by atoms with van der Waals surface area (Å²) >= 11 is 0. The number of carbonyl (C=O) groups is 2. The lowest BCUT2D eigenvalue weighted by molar-refractivity contribution is 0.0962. The van der Waals surface area contributed by atoms with Crippen LogP contribution in [0.1, 0.15) is 123 Å². The molecule has 4 aromatic rings. The van der Waals surface area contributed by atoms with Crippen molar-refractivity contribution in [3.05, 3.63) is 91.5 Å². The Morgan fingerprint density at radius 3 is 1.24 bits per heavy atom. The summed E-state index contributed by atoms with van der Waals surface area (Å²) < 4.78 is 3.67. The summed E-state index contributed by atoms with van der Waals surface area (Å²) in [6.45, 7) is 5.38. The van der Waals surface area contributed by atoms with E-state index in [1.807, 2.05) is 33.4 Å². The van der Waals surface area contributed by atoms with Gasteiger partial charge in [0.1, 0.15) is 11.4 Å². The molecule has 2 aromatic carbocycles. The van der Waals surface area contributed by atoms with Gasteiger partial charge in [-0.15, -0.1) is 0 Å². The molecule has 0 spiro atoms. The second-order valence-electron chi connectivity index (χ2n) is 11.6. The first-order chi connectivity index (χ1) is 20.5. The van der Waals surface area contributed by atoms with E-state index in [0.29, 0.717) is 34.9 Å². The van der Waals surface area contributed by atoms with Gasteiger partial charge in [0.2, 0.25) is 22.4 Å². The van der Waals surface area contributed by atoms with E-state index in [1.165, 1.54) is 25.7 Å². The molecule has 0 aliphatic heterocycles. The lowest BCUT2D eigenvalue weighted by Gasteiger charge is -2.26. The normalized spacial score (nSPS) is 12.7. The van der Waals surface area contributed by atoms with Crippen LogP contribution in [-0.4, -0.2) is 20.7 Å². The number of pyridine rings is 2. The molecule has 0 atom stereocenters. The highest BCUT2D eigenvalue weighted by Gasteiger charge is 2.39. The zero-order valence-electron chi connectivity index (χ0n) is 25.0. The van der Waals surface area contributed by atoms with Crippen molar-refractivity contribution in [1.82, 2.24) is 9.13 Å². The number of unbranched alkanes of at least 4 members (excludes halogenated alkanes) is 10. The summed E-state index contributed by atoms with van der Waals surface area (Å²) in [5.74, 6) is -1.03. The SMILES string of the molecule is CCCCCCCCn1c2c(c(=O)c3ccccc31)C(=O)c1c(c(=O)c3ccccc3n1CCCCCCCC)C2=O. The van der Waals surface area contributed by atoms with Gasteiger partial charge in [-0.3, -0.25) is 19.2 Å². The lowest BCUT2D eigenvalue weighted by atomic mass is 9.86. The summed E-state index contributed by atoms with van der Waals surface area (Å²) in [4.78, 5) is 56.5. The number of fused-ring (bicyclic) bond motifs is 4. The minimum absolute atomic E-state index is 0.0725. The molecule has 0 unspecified atom stereocenters. The largest absolute Gasteiger partial charge is 0.337 e. The van der Waals surface area contributed by atoms with Gasteiger partial charge >= 0.3 is 0 Å². The van der Waals surface area contributed by atoms with Crippen LogP contribution in [0.5, 0.6) is 0 Å². The fourth-order valence-corrected chi connectivity index (χ4v) is 6.49. The highest BCUT2D eigenvalue weighted by molar-refractivity contribution is 6.28. The molecule has 0 N–H and O–H groups in total. The van der Waals surface area contributed by atoms with Gasteiger partial charge < -0.3 is 9.13 Å². The molecule has 1 aliphatic rings. The molecule has 6 nitrogen and oxygen atoms in total. The second-order valence-corrected chi connectivity index (χ2v) is 11.6. The Hall–Kier alpha value is -3.80. The molecule has 220 valence electrons. The third kappa shape index (κ3) is 5.51. The van der Waals surface area contributed by atoms with E-state index in [-0.39, 0.29) is 22.5 Å². The molecule has 0 fully saturated rings. The first-order valence-electron chi connectivity index (χ1n) is 15.9. The molecule has 0 bridgehead atoms. The monoisotopic (exact) mass is 566 g/mol. The number of ketones is 2. The van der Waals surface area contributed by atoms with Crippen molar-refractivity contribution in [3.8, 4) is 0 Å². The minimum atomic E-state index is -0.513. The van der Waals surface area contributed by atoms with Gasteiger partial charge in [-0.05, 0) is 37.1 Å². The summed E-state index contributed by atoms with van der Waals surface area (Å²) in [6.07, 6.45) is 12.8. The van der Waals surface area contributed by atoms with Crippen molar-refractivity contribution in [3.63, 3.8) is 0 Å². The minimum Gasteiger partial charge on any atom is -0.337 e. The van der Waals surface area contributed by atoms with E-state index in [2.05, 4.69) is 13.8 Å². The Bertz CT molecular complexity index is 1610. The third-order valence-corrected chi connectivity index (χ3v) is 8.70. The Morgan fingerprint density at radius 2 is 0.833 bits per heavy atom. The van der Waals surface area contributed by atoms with E-state index in [4.69, 9.17) is 0 Å². The Kier molecular flexibility index (Phi) is 9.51. The van der Waals surface area contributed by atoms with Crippen LogP contribution in [0.4, 0.5) is 0 Å². The molecule has 42 heavy (non-hydrogen) atoms. The first-order valence-corrected chi connectivity index (χ1v) is 15.9. The van der Waals surface area contributed by atoms with Gasteiger partial charge in [0, 0.05) is 23.9 Å². The van der Waals surface area contributed by atoms with Gasteiger partial charge in [-0.2, -0.15) is 0 Å². The number of carbonyl (C=O) groups excluding carboxylic acids is 2. The number of para-hydroxylation sites is 2. The second kappa shape index (κ2) is 13.5. The van der Waals surface area contributed by atoms with E-state index in [1.54, 1.807) is 24.3 Å². The zero-order chi connectivity index (χ0) is 29.6. The van der Waals surface area contributed by atoms with E-state index in [9.17, 15) is 19.2 Å². The molecule has 1 aliphatic carbocycles. The molecule has 2 heterocycles. The highest BCUT2D eigenvalue weighted by atomic mass is 16.2. The molecule has 0 radical (unpaired) electrons. The zero-order valence-corrected chi connectivity index (χ0v) is 25.0. The number of aromatic nitrogens is 2. The van der Waals surface area contributed by atoms with Gasteiger partial charge in [0.15, 0.2) is 0 Å². The quantitative estimate of drug-likeness (QED) is 0.128. The number of aryl methyl sites for hydroxylation is 2. The fraction of sp³-hybridized carbons (Fsp3) is 0.444. The van der Waals surface area contributed by atoms with Crippen LogP contribution in [0, 0.1) is 0 Å². The Morgan fingerprint density at radius 1 is 0.476 bits per heavy atom. The van der Waals surface area contributed by atoms with Gasteiger partial charge in [-0.25, -0.2) is 0 Å². The van der Waals surface area contributed by atoms with Crippen molar-refractivity contribution in [2.75, 3.05) is 0 Å². The summed E-state index contributed by atoms with van der Waals surface area (Å²) in [5.41, 5.74) is 0.352. The maximum absolute atomic E-state index is 14.4. The number of hydrogen-bond donors (Lipinski definition) is 0. The smallest absolute Gasteiger partial charge is 0.216 e. The lowest BCUT2D eigenvalue weighted by Crippen LogP contribution is -2.38. The van der Waals surface area contributed by atoms with Crippen molar-refractivity contribution < 1.29 is 9.59 Å².